The predicted molar refractivity (Wildman–Crippen MR) is 97.7 cm³/mol. The molecular weight excluding hydrogens is 336 g/mol. The second-order valence-corrected chi connectivity index (χ2v) is 8.14. The zero-order chi connectivity index (χ0) is 15.9. The van der Waals surface area contributed by atoms with Gasteiger partial charge in [0.05, 0.1) is 11.4 Å². The zero-order valence-electron chi connectivity index (χ0n) is 13.1. The van der Waals surface area contributed by atoms with E-state index in [1.807, 2.05) is 46.9 Å². The topological polar surface area (TPSA) is 30.5 Å². The molecule has 0 fully saturated rings. The Labute approximate surface area is 148 Å². The highest BCUT2D eigenvalue weighted by Gasteiger charge is 2.34. The molecule has 0 radical (unpaired) electrons. The molecule has 1 N–H and O–H groups in total. The molecule has 5 rings (SSSR count). The molecule has 3 aromatic heterocycles. The molecule has 0 bridgehead atoms. The van der Waals surface area contributed by atoms with Crippen LogP contribution in [-0.2, 0) is 13.0 Å². The Morgan fingerprint density at radius 2 is 2.04 bits per heavy atom. The fraction of sp³-hybridized carbons (Fsp3) is 0.211. The van der Waals surface area contributed by atoms with Gasteiger partial charge in [-0.05, 0) is 35.0 Å². The number of thiophene rings is 2. The van der Waals surface area contributed by atoms with Crippen molar-refractivity contribution in [2.75, 3.05) is 6.54 Å². The third-order valence-corrected chi connectivity index (χ3v) is 6.65. The van der Waals surface area contributed by atoms with Crippen molar-refractivity contribution in [1.82, 2.24) is 4.98 Å². The van der Waals surface area contributed by atoms with Crippen molar-refractivity contribution in [1.29, 1.82) is 0 Å². The van der Waals surface area contributed by atoms with Crippen molar-refractivity contribution in [3.8, 4) is 0 Å². The molecule has 4 heterocycles. The lowest BCUT2D eigenvalue weighted by molar-refractivity contribution is -0.942. The molecule has 3 nitrogen and oxygen atoms in total. The van der Waals surface area contributed by atoms with Gasteiger partial charge in [0, 0.05) is 16.9 Å². The molecule has 0 aliphatic carbocycles. The minimum atomic E-state index is 0.398. The van der Waals surface area contributed by atoms with E-state index in [4.69, 9.17) is 4.42 Å². The quantitative estimate of drug-likeness (QED) is 0.609. The molecule has 0 spiro atoms. The lowest BCUT2D eigenvalue weighted by Crippen LogP contribution is -3.12. The van der Waals surface area contributed by atoms with Crippen LogP contribution in [0.5, 0.6) is 0 Å². The van der Waals surface area contributed by atoms with E-state index >= 15 is 0 Å². The Hall–Kier alpha value is -1.95. The molecule has 1 aliphatic rings. The van der Waals surface area contributed by atoms with Gasteiger partial charge in [-0.2, -0.15) is 0 Å². The van der Waals surface area contributed by atoms with Crippen LogP contribution in [-0.4, -0.2) is 11.5 Å². The van der Waals surface area contributed by atoms with E-state index in [9.17, 15) is 0 Å². The van der Waals surface area contributed by atoms with E-state index in [-0.39, 0.29) is 0 Å². The first-order valence-electron chi connectivity index (χ1n) is 8.17. The summed E-state index contributed by atoms with van der Waals surface area (Å²) in [5, 5.41) is 4.40. The predicted octanol–water partition coefficient (Wildman–Crippen LogP) is 3.68. The first-order valence-corrected chi connectivity index (χ1v) is 9.93. The lowest BCUT2D eigenvalue weighted by Gasteiger charge is -2.31. The van der Waals surface area contributed by atoms with Gasteiger partial charge in [-0.15, -0.1) is 22.7 Å². The van der Waals surface area contributed by atoms with Gasteiger partial charge >= 0.3 is 0 Å². The average Bonchev–Trinajstić information content (AvgIpc) is 3.34. The van der Waals surface area contributed by atoms with Crippen molar-refractivity contribution in [3.63, 3.8) is 0 Å². The molecule has 4 aromatic rings. The van der Waals surface area contributed by atoms with Crippen molar-refractivity contribution in [3.05, 3.63) is 74.4 Å². The van der Waals surface area contributed by atoms with Crippen molar-refractivity contribution < 1.29 is 9.32 Å². The van der Waals surface area contributed by atoms with Gasteiger partial charge in [0.15, 0.2) is 12.1 Å². The molecule has 0 saturated carbocycles. The highest BCUT2D eigenvalue weighted by molar-refractivity contribution is 7.10. The molecule has 5 heteroatoms. The second kappa shape index (κ2) is 5.84. The summed E-state index contributed by atoms with van der Waals surface area (Å²) in [5.41, 5.74) is 3.32. The van der Waals surface area contributed by atoms with Crippen LogP contribution >= 0.6 is 22.7 Å². The third-order valence-electron chi connectivity index (χ3n) is 4.72. The number of oxazole rings is 1. The number of para-hydroxylation sites is 2. The van der Waals surface area contributed by atoms with Gasteiger partial charge in [-0.25, -0.2) is 4.98 Å². The van der Waals surface area contributed by atoms with Crippen LogP contribution < -0.4 is 4.90 Å². The maximum absolute atomic E-state index is 5.98. The monoisotopic (exact) mass is 353 g/mol. The highest BCUT2D eigenvalue weighted by Crippen LogP contribution is 2.32. The van der Waals surface area contributed by atoms with E-state index in [0.717, 1.165) is 36.5 Å². The molecular formula is C19H17N2OS2+. The number of hydrogen-bond donors (Lipinski definition) is 1. The Morgan fingerprint density at radius 3 is 2.92 bits per heavy atom. The van der Waals surface area contributed by atoms with Crippen LogP contribution in [0.4, 0.5) is 0 Å². The fourth-order valence-corrected chi connectivity index (χ4v) is 5.46. The Balaban J connectivity index is 1.52. The maximum Gasteiger partial charge on any atom is 0.251 e. The molecule has 2 atom stereocenters. The number of aromatic nitrogens is 1. The van der Waals surface area contributed by atoms with Crippen LogP contribution in [0.2, 0.25) is 0 Å². The van der Waals surface area contributed by atoms with Gasteiger partial charge < -0.3 is 9.32 Å². The summed E-state index contributed by atoms with van der Waals surface area (Å²) < 4.78 is 5.98. The summed E-state index contributed by atoms with van der Waals surface area (Å²) in [6.45, 7) is 1.95. The molecule has 0 amide bonds. The van der Waals surface area contributed by atoms with Crippen LogP contribution in [0.3, 0.4) is 0 Å². The van der Waals surface area contributed by atoms with Gasteiger partial charge in [-0.3, -0.25) is 0 Å². The summed E-state index contributed by atoms with van der Waals surface area (Å²) in [7, 11) is 0. The van der Waals surface area contributed by atoms with E-state index in [1.165, 1.54) is 20.2 Å². The standard InChI is InChI=1S/C19H16N2OS2/c1-2-5-15-14(4-1)20-18(22-15)12-21-9-7-16-13(8-11-24-16)19(21)17-6-3-10-23-17/h1-6,8,10-11,19H,7,9,12H2/p+1/t19-/m0/s1. The lowest BCUT2D eigenvalue weighted by atomic mass is 9.98. The van der Waals surface area contributed by atoms with E-state index in [2.05, 4.69) is 33.9 Å². The molecule has 1 aliphatic heterocycles. The highest BCUT2D eigenvalue weighted by atomic mass is 32.1. The van der Waals surface area contributed by atoms with Crippen LogP contribution in [0.15, 0.2) is 57.6 Å². The van der Waals surface area contributed by atoms with Gasteiger partial charge in [-0.1, -0.05) is 18.2 Å². The van der Waals surface area contributed by atoms with E-state index < -0.39 is 0 Å². The number of rotatable bonds is 3. The van der Waals surface area contributed by atoms with Crippen LogP contribution in [0.1, 0.15) is 27.3 Å². The smallest absolute Gasteiger partial charge is 0.251 e. The van der Waals surface area contributed by atoms with Gasteiger partial charge in [0.2, 0.25) is 0 Å². The number of quaternary nitrogens is 1. The van der Waals surface area contributed by atoms with Crippen molar-refractivity contribution in [2.45, 2.75) is 19.0 Å². The average molecular weight is 353 g/mol. The number of benzene rings is 1. The van der Waals surface area contributed by atoms with Crippen LogP contribution in [0, 0.1) is 0 Å². The summed E-state index contributed by atoms with van der Waals surface area (Å²) >= 11 is 3.74. The summed E-state index contributed by atoms with van der Waals surface area (Å²) in [5.74, 6) is 0.839. The fourth-order valence-electron chi connectivity index (χ4n) is 3.64. The Morgan fingerprint density at radius 1 is 1.08 bits per heavy atom. The maximum atomic E-state index is 5.98. The SMILES string of the molecule is c1csc([C@@H]2c3ccsc3CC[NH+]2Cc2nc3ccccc3o2)c1. The second-order valence-electron chi connectivity index (χ2n) is 6.16. The molecule has 120 valence electrons. The summed E-state index contributed by atoms with van der Waals surface area (Å²) in [6, 6.07) is 15.1. The number of fused-ring (bicyclic) bond motifs is 2. The first kappa shape index (κ1) is 14.4. The van der Waals surface area contributed by atoms with Crippen molar-refractivity contribution in [2.24, 2.45) is 0 Å². The molecule has 1 aromatic carbocycles. The Kier molecular flexibility index (Phi) is 3.51. The van der Waals surface area contributed by atoms with E-state index in [0.29, 0.717) is 6.04 Å². The molecule has 24 heavy (non-hydrogen) atoms. The minimum Gasteiger partial charge on any atom is -0.435 e. The zero-order valence-corrected chi connectivity index (χ0v) is 14.7. The van der Waals surface area contributed by atoms with Gasteiger partial charge in [0.25, 0.3) is 5.89 Å². The first-order chi connectivity index (χ1) is 11.9. The minimum absolute atomic E-state index is 0.398. The third kappa shape index (κ3) is 2.40. The summed E-state index contributed by atoms with van der Waals surface area (Å²) in [6.07, 6.45) is 1.14. The normalized spacial score (nSPS) is 20.3. The number of nitrogens with one attached hydrogen (secondary N) is 1. The Bertz CT molecular complexity index is 937. The largest absolute Gasteiger partial charge is 0.435 e. The molecule has 1 unspecified atom stereocenters. The number of hydrogen-bond acceptors (Lipinski definition) is 4. The van der Waals surface area contributed by atoms with Gasteiger partial charge in [0.1, 0.15) is 11.6 Å². The molecule has 0 saturated heterocycles. The van der Waals surface area contributed by atoms with Crippen molar-refractivity contribution >= 4 is 33.8 Å². The summed E-state index contributed by atoms with van der Waals surface area (Å²) in [4.78, 5) is 9.18. The number of nitrogens with zero attached hydrogens (tertiary/aromatic N) is 1. The van der Waals surface area contributed by atoms with E-state index in [1.54, 1.807) is 0 Å². The van der Waals surface area contributed by atoms with Crippen LogP contribution in [0.25, 0.3) is 11.1 Å².